The maximum Gasteiger partial charge on any atom is 0.0598 e. The van der Waals surface area contributed by atoms with Crippen molar-refractivity contribution in [2.24, 2.45) is 0 Å². The van der Waals surface area contributed by atoms with Gasteiger partial charge in [-0.25, -0.2) is 0 Å². The Labute approximate surface area is 102 Å². The number of unbranched alkanes of at least 4 members (excludes halogenated alkanes) is 5. The summed E-state index contributed by atoms with van der Waals surface area (Å²) in [6, 6.07) is 4.55. The zero-order chi connectivity index (χ0) is 10.9. The van der Waals surface area contributed by atoms with E-state index in [1.54, 1.807) is 4.88 Å². The molecule has 15 heavy (non-hydrogen) atoms. The molecule has 0 fully saturated rings. The van der Waals surface area contributed by atoms with Gasteiger partial charge in [-0.05, 0) is 31.2 Å². The number of rotatable bonds is 8. The third-order valence-corrected chi connectivity index (χ3v) is 4.84. The fourth-order valence-electron chi connectivity index (χ4n) is 1.68. The van der Waals surface area contributed by atoms with Gasteiger partial charge in [0.2, 0.25) is 0 Å². The van der Waals surface area contributed by atoms with E-state index in [1.807, 2.05) is 23.1 Å². The van der Waals surface area contributed by atoms with E-state index in [9.17, 15) is 0 Å². The minimum Gasteiger partial charge on any atom is -0.134 e. The second-order valence-electron chi connectivity index (χ2n) is 3.94. The summed E-state index contributed by atoms with van der Waals surface area (Å²) in [6.07, 6.45) is 11.8. The molecular formula is C13H22S2. The molecule has 0 radical (unpaired) electrons. The normalized spacial score (nSPS) is 10.8. The molecule has 1 heterocycles. The Morgan fingerprint density at radius 2 is 1.80 bits per heavy atom. The highest BCUT2D eigenvalue weighted by Crippen LogP contribution is 2.26. The molecular weight excluding hydrogens is 220 g/mol. The number of hydrogen-bond donors (Lipinski definition) is 0. The van der Waals surface area contributed by atoms with Gasteiger partial charge in [-0.1, -0.05) is 39.0 Å². The maximum absolute atomic E-state index is 2.29. The lowest BCUT2D eigenvalue weighted by Crippen LogP contribution is -1.82. The van der Waals surface area contributed by atoms with E-state index in [2.05, 4.69) is 25.3 Å². The van der Waals surface area contributed by atoms with Crippen molar-refractivity contribution >= 4 is 23.1 Å². The van der Waals surface area contributed by atoms with Crippen molar-refractivity contribution in [2.45, 2.75) is 56.1 Å². The molecule has 0 saturated heterocycles. The fraction of sp³-hybridized carbons (Fsp3) is 0.692. The summed E-state index contributed by atoms with van der Waals surface area (Å²) in [6.45, 7) is 2.27. The first-order valence-corrected chi connectivity index (χ1v) is 8.03. The highest BCUT2D eigenvalue weighted by atomic mass is 32.2. The summed E-state index contributed by atoms with van der Waals surface area (Å²) in [4.78, 5) is 1.56. The number of thiophene rings is 1. The zero-order valence-electron chi connectivity index (χ0n) is 9.92. The van der Waals surface area contributed by atoms with Gasteiger partial charge in [-0.2, -0.15) is 0 Å². The van der Waals surface area contributed by atoms with E-state index in [-0.39, 0.29) is 0 Å². The van der Waals surface area contributed by atoms with Crippen molar-refractivity contribution in [3.8, 4) is 0 Å². The average Bonchev–Trinajstić information content (AvgIpc) is 2.71. The van der Waals surface area contributed by atoms with Crippen molar-refractivity contribution in [3.63, 3.8) is 0 Å². The lowest BCUT2D eigenvalue weighted by Gasteiger charge is -1.99. The van der Waals surface area contributed by atoms with Crippen LogP contribution in [0.3, 0.4) is 0 Å². The Kier molecular flexibility index (Phi) is 7.20. The molecule has 0 aliphatic rings. The van der Waals surface area contributed by atoms with E-state index in [0.29, 0.717) is 0 Å². The van der Waals surface area contributed by atoms with E-state index in [4.69, 9.17) is 0 Å². The molecule has 1 aromatic rings. The first kappa shape index (κ1) is 13.1. The van der Waals surface area contributed by atoms with Gasteiger partial charge < -0.3 is 0 Å². The van der Waals surface area contributed by atoms with Gasteiger partial charge in [-0.3, -0.25) is 0 Å². The summed E-state index contributed by atoms with van der Waals surface area (Å²) >= 11 is 3.82. The average molecular weight is 242 g/mol. The molecule has 0 spiro atoms. The fourth-order valence-corrected chi connectivity index (χ4v) is 3.32. The third kappa shape index (κ3) is 5.62. The van der Waals surface area contributed by atoms with Crippen molar-refractivity contribution in [3.05, 3.63) is 17.0 Å². The molecule has 0 aliphatic heterocycles. The van der Waals surface area contributed by atoms with Gasteiger partial charge in [-0.15, -0.1) is 23.1 Å². The summed E-state index contributed by atoms with van der Waals surface area (Å²) in [5, 5.41) is 0. The van der Waals surface area contributed by atoms with Gasteiger partial charge in [0, 0.05) is 4.88 Å². The van der Waals surface area contributed by atoms with Crippen molar-refractivity contribution in [2.75, 3.05) is 6.26 Å². The van der Waals surface area contributed by atoms with Crippen LogP contribution in [0.15, 0.2) is 16.3 Å². The monoisotopic (exact) mass is 242 g/mol. The van der Waals surface area contributed by atoms with Gasteiger partial charge >= 0.3 is 0 Å². The van der Waals surface area contributed by atoms with Gasteiger partial charge in [0.05, 0.1) is 4.21 Å². The Bertz CT molecular complexity index is 253. The molecule has 0 nitrogen and oxygen atoms in total. The number of aryl methyl sites for hydroxylation is 1. The van der Waals surface area contributed by atoms with Crippen molar-refractivity contribution in [1.82, 2.24) is 0 Å². The van der Waals surface area contributed by atoms with Gasteiger partial charge in [0.15, 0.2) is 0 Å². The molecule has 2 heteroatoms. The molecule has 86 valence electrons. The molecule has 1 aromatic heterocycles. The van der Waals surface area contributed by atoms with Crippen LogP contribution in [0.2, 0.25) is 0 Å². The Morgan fingerprint density at radius 3 is 2.47 bits per heavy atom. The maximum atomic E-state index is 2.29. The Hall–Kier alpha value is 0.0500. The van der Waals surface area contributed by atoms with Crippen molar-refractivity contribution in [1.29, 1.82) is 0 Å². The van der Waals surface area contributed by atoms with Crippen LogP contribution < -0.4 is 0 Å². The van der Waals surface area contributed by atoms with Crippen LogP contribution in [0.25, 0.3) is 0 Å². The molecule has 0 saturated carbocycles. The van der Waals surface area contributed by atoms with Crippen LogP contribution in [0.4, 0.5) is 0 Å². The standard InChI is InChI=1S/C13H22S2/c1-3-4-5-6-7-8-9-12-10-11-13(14-2)15-12/h10-11H,3-9H2,1-2H3. The summed E-state index contributed by atoms with van der Waals surface area (Å²) in [5.41, 5.74) is 0. The largest absolute Gasteiger partial charge is 0.134 e. The molecule has 0 N–H and O–H groups in total. The van der Waals surface area contributed by atoms with Crippen LogP contribution in [-0.2, 0) is 6.42 Å². The zero-order valence-corrected chi connectivity index (χ0v) is 11.6. The van der Waals surface area contributed by atoms with Crippen LogP contribution >= 0.6 is 23.1 Å². The highest BCUT2D eigenvalue weighted by molar-refractivity contribution is 8.00. The van der Waals surface area contributed by atoms with E-state index >= 15 is 0 Å². The Balaban J connectivity index is 2.04. The van der Waals surface area contributed by atoms with Crippen molar-refractivity contribution < 1.29 is 0 Å². The SMILES string of the molecule is CCCCCCCCc1ccc(SC)s1. The van der Waals surface area contributed by atoms with Gasteiger partial charge in [0.1, 0.15) is 0 Å². The van der Waals surface area contributed by atoms with E-state index in [0.717, 1.165) is 0 Å². The molecule has 0 amide bonds. The molecule has 0 atom stereocenters. The van der Waals surface area contributed by atoms with E-state index < -0.39 is 0 Å². The second-order valence-corrected chi connectivity index (χ2v) is 6.22. The lowest BCUT2D eigenvalue weighted by atomic mass is 10.1. The van der Waals surface area contributed by atoms with Crippen LogP contribution in [0.5, 0.6) is 0 Å². The topological polar surface area (TPSA) is 0 Å². The second kappa shape index (κ2) is 8.23. The molecule has 0 bridgehead atoms. The number of thioether (sulfide) groups is 1. The Morgan fingerprint density at radius 1 is 1.07 bits per heavy atom. The van der Waals surface area contributed by atoms with Gasteiger partial charge in [0.25, 0.3) is 0 Å². The first-order valence-electron chi connectivity index (χ1n) is 5.99. The minimum atomic E-state index is 1.29. The predicted molar refractivity (Wildman–Crippen MR) is 73.2 cm³/mol. The summed E-state index contributed by atoms with van der Waals surface area (Å²) in [5.74, 6) is 0. The number of hydrogen-bond acceptors (Lipinski definition) is 2. The minimum absolute atomic E-state index is 1.29. The van der Waals surface area contributed by atoms with Crippen LogP contribution in [-0.4, -0.2) is 6.26 Å². The molecule has 0 aliphatic carbocycles. The van der Waals surface area contributed by atoms with E-state index in [1.165, 1.54) is 49.2 Å². The summed E-state index contributed by atoms with van der Waals surface area (Å²) < 4.78 is 1.45. The molecule has 0 unspecified atom stereocenters. The lowest BCUT2D eigenvalue weighted by molar-refractivity contribution is 0.609. The molecule has 0 aromatic carbocycles. The predicted octanol–water partition coefficient (Wildman–Crippen LogP) is 5.37. The van der Waals surface area contributed by atoms with Crippen LogP contribution in [0.1, 0.15) is 50.3 Å². The first-order chi connectivity index (χ1) is 7.36. The third-order valence-electron chi connectivity index (χ3n) is 2.61. The molecule has 1 rings (SSSR count). The summed E-state index contributed by atoms with van der Waals surface area (Å²) in [7, 11) is 0. The van der Waals surface area contributed by atoms with Crippen LogP contribution in [0, 0.1) is 0 Å². The quantitative estimate of drug-likeness (QED) is 0.436. The smallest absolute Gasteiger partial charge is 0.0598 e. The highest BCUT2D eigenvalue weighted by Gasteiger charge is 1.98.